The van der Waals surface area contributed by atoms with Crippen molar-refractivity contribution in [2.45, 2.75) is 30.2 Å². The molecule has 1 saturated heterocycles. The normalized spacial score (nSPS) is 15.6. The Labute approximate surface area is 200 Å². The molecule has 4 rings (SSSR count). The Morgan fingerprint density at radius 2 is 1.79 bits per heavy atom. The molecule has 34 heavy (non-hydrogen) atoms. The number of aromatic nitrogens is 2. The summed E-state index contributed by atoms with van der Waals surface area (Å²) in [6.07, 6.45) is 1.78. The molecule has 0 spiro atoms. The Hall–Kier alpha value is -3.35. The van der Waals surface area contributed by atoms with Crippen molar-refractivity contribution in [3.05, 3.63) is 65.2 Å². The third-order valence-electron chi connectivity index (χ3n) is 5.18. The van der Waals surface area contributed by atoms with Crippen molar-refractivity contribution in [3.8, 4) is 0 Å². The van der Waals surface area contributed by atoms with Gasteiger partial charge in [0, 0.05) is 18.7 Å². The molecule has 1 atom stereocenters. The van der Waals surface area contributed by atoms with E-state index in [2.05, 4.69) is 25.6 Å². The van der Waals surface area contributed by atoms with Crippen molar-refractivity contribution in [1.29, 1.82) is 0 Å². The number of rotatable bonds is 8. The lowest BCUT2D eigenvalue weighted by Gasteiger charge is -2.13. The molecule has 0 bridgehead atoms. The van der Waals surface area contributed by atoms with Crippen LogP contribution in [-0.2, 0) is 14.8 Å². The van der Waals surface area contributed by atoms with E-state index in [1.165, 1.54) is 12.1 Å². The molecule has 1 fully saturated rings. The van der Waals surface area contributed by atoms with Crippen LogP contribution < -0.4 is 15.4 Å². The Kier molecular flexibility index (Phi) is 7.20. The van der Waals surface area contributed by atoms with E-state index in [0.717, 1.165) is 18.4 Å². The fourth-order valence-corrected chi connectivity index (χ4v) is 5.40. The van der Waals surface area contributed by atoms with Gasteiger partial charge in [-0.15, -0.1) is 10.2 Å². The fourth-order valence-electron chi connectivity index (χ4n) is 3.43. The smallest absolute Gasteiger partial charge is 0.291 e. The van der Waals surface area contributed by atoms with Crippen LogP contribution >= 0.6 is 11.3 Å². The standard InChI is InChI=1S/C22H23N5O5S2/c1-14-7-2-3-9-16(14)20(29)24-21-25-26-22(33-21)34(30,31)27-18-11-5-4-10-17(18)19(28)23-13-15-8-6-12-32-15/h2-5,7,9-11,15,27H,6,8,12-13H2,1H3,(H,23,28)(H,24,25,29)/t15-/m0/s1. The summed E-state index contributed by atoms with van der Waals surface area (Å²) in [5.41, 5.74) is 1.49. The van der Waals surface area contributed by atoms with Gasteiger partial charge in [-0.25, -0.2) is 0 Å². The topological polar surface area (TPSA) is 139 Å². The van der Waals surface area contributed by atoms with Crippen LogP contribution in [-0.4, -0.2) is 49.7 Å². The molecule has 3 N–H and O–H groups in total. The van der Waals surface area contributed by atoms with Crippen LogP contribution in [0.15, 0.2) is 52.9 Å². The van der Waals surface area contributed by atoms with Crippen molar-refractivity contribution >= 4 is 44.0 Å². The zero-order valence-corrected chi connectivity index (χ0v) is 19.9. The van der Waals surface area contributed by atoms with Gasteiger partial charge in [0.15, 0.2) is 0 Å². The largest absolute Gasteiger partial charge is 0.376 e. The molecule has 12 heteroatoms. The number of para-hydroxylation sites is 1. The molecule has 178 valence electrons. The number of amides is 2. The molecule has 0 unspecified atom stereocenters. The molecule has 0 saturated carbocycles. The Balaban J connectivity index is 1.45. The van der Waals surface area contributed by atoms with E-state index in [4.69, 9.17) is 4.74 Å². The number of aryl methyl sites for hydroxylation is 1. The van der Waals surface area contributed by atoms with Gasteiger partial charge in [-0.2, -0.15) is 8.42 Å². The summed E-state index contributed by atoms with van der Waals surface area (Å²) < 4.78 is 33.3. The number of carbonyl (C=O) groups is 2. The van der Waals surface area contributed by atoms with Crippen molar-refractivity contribution in [3.63, 3.8) is 0 Å². The van der Waals surface area contributed by atoms with E-state index in [1.807, 2.05) is 6.07 Å². The number of nitrogens with one attached hydrogen (secondary N) is 3. The highest BCUT2D eigenvalue weighted by Crippen LogP contribution is 2.25. The zero-order chi connectivity index (χ0) is 24.1. The number of hydrogen-bond acceptors (Lipinski definition) is 8. The number of sulfonamides is 1. The van der Waals surface area contributed by atoms with E-state index >= 15 is 0 Å². The van der Waals surface area contributed by atoms with Crippen molar-refractivity contribution in [1.82, 2.24) is 15.5 Å². The average Bonchev–Trinajstić information content (AvgIpc) is 3.50. The van der Waals surface area contributed by atoms with Crippen molar-refractivity contribution in [2.24, 2.45) is 0 Å². The monoisotopic (exact) mass is 501 g/mol. The van der Waals surface area contributed by atoms with Crippen LogP contribution in [0.1, 0.15) is 39.1 Å². The van der Waals surface area contributed by atoms with Gasteiger partial charge in [0.25, 0.3) is 26.2 Å². The molecule has 10 nitrogen and oxygen atoms in total. The first-order chi connectivity index (χ1) is 16.3. The van der Waals surface area contributed by atoms with Gasteiger partial charge in [0.05, 0.1) is 17.4 Å². The highest BCUT2D eigenvalue weighted by Gasteiger charge is 2.24. The van der Waals surface area contributed by atoms with Gasteiger partial charge in [0.1, 0.15) is 0 Å². The van der Waals surface area contributed by atoms with Crippen molar-refractivity contribution < 1.29 is 22.7 Å². The Morgan fingerprint density at radius 3 is 2.53 bits per heavy atom. The Morgan fingerprint density at radius 1 is 1.06 bits per heavy atom. The number of hydrogen-bond donors (Lipinski definition) is 3. The molecule has 1 aromatic heterocycles. The highest BCUT2D eigenvalue weighted by atomic mass is 32.2. The van der Waals surface area contributed by atoms with Gasteiger partial charge in [-0.05, 0) is 43.5 Å². The maximum absolute atomic E-state index is 12.9. The summed E-state index contributed by atoms with van der Waals surface area (Å²) in [5.74, 6) is -0.836. The number of carbonyl (C=O) groups excluding carboxylic acids is 2. The SMILES string of the molecule is Cc1ccccc1C(=O)Nc1nnc(S(=O)(=O)Nc2ccccc2C(=O)NC[C@@H]2CCCO2)s1. The summed E-state index contributed by atoms with van der Waals surface area (Å²) in [6.45, 7) is 2.82. The van der Waals surface area contributed by atoms with Gasteiger partial charge in [-0.1, -0.05) is 41.7 Å². The molecule has 0 radical (unpaired) electrons. The van der Waals surface area contributed by atoms with E-state index in [0.29, 0.717) is 30.1 Å². The van der Waals surface area contributed by atoms with Gasteiger partial charge < -0.3 is 10.1 Å². The lowest BCUT2D eigenvalue weighted by atomic mass is 10.1. The van der Waals surface area contributed by atoms with E-state index in [1.54, 1.807) is 37.3 Å². The maximum Gasteiger partial charge on any atom is 0.291 e. The van der Waals surface area contributed by atoms with Gasteiger partial charge in [-0.3, -0.25) is 19.6 Å². The van der Waals surface area contributed by atoms with E-state index < -0.39 is 21.8 Å². The lowest BCUT2D eigenvalue weighted by Crippen LogP contribution is -2.32. The summed E-state index contributed by atoms with van der Waals surface area (Å²) in [4.78, 5) is 25.1. The summed E-state index contributed by atoms with van der Waals surface area (Å²) in [7, 11) is -4.15. The fraction of sp³-hybridized carbons (Fsp3) is 0.273. The molecule has 2 amide bonds. The quantitative estimate of drug-likeness (QED) is 0.403. The highest BCUT2D eigenvalue weighted by molar-refractivity contribution is 7.94. The molecular weight excluding hydrogens is 478 g/mol. The first-order valence-corrected chi connectivity index (χ1v) is 12.9. The first kappa shape index (κ1) is 23.8. The van der Waals surface area contributed by atoms with Crippen LogP contribution in [0.4, 0.5) is 10.8 Å². The number of ether oxygens (including phenoxy) is 1. The summed E-state index contributed by atoms with van der Waals surface area (Å²) in [5, 5.41) is 12.9. The predicted octanol–water partition coefficient (Wildman–Crippen LogP) is 2.81. The summed E-state index contributed by atoms with van der Waals surface area (Å²) in [6, 6.07) is 13.3. The molecule has 1 aliphatic rings. The second-order valence-electron chi connectivity index (χ2n) is 7.64. The minimum absolute atomic E-state index is 0.0382. The van der Waals surface area contributed by atoms with Crippen LogP contribution in [0.3, 0.4) is 0 Å². The zero-order valence-electron chi connectivity index (χ0n) is 18.3. The van der Waals surface area contributed by atoms with Gasteiger partial charge >= 0.3 is 0 Å². The number of nitrogens with zero attached hydrogens (tertiary/aromatic N) is 2. The maximum atomic E-state index is 12.9. The third-order valence-corrected chi connectivity index (χ3v) is 7.75. The molecule has 2 heterocycles. The second kappa shape index (κ2) is 10.3. The van der Waals surface area contributed by atoms with Crippen LogP contribution in [0, 0.1) is 6.92 Å². The van der Waals surface area contributed by atoms with E-state index in [9.17, 15) is 18.0 Å². The molecule has 2 aromatic carbocycles. The number of anilines is 2. The molecule has 0 aliphatic carbocycles. The molecule has 3 aromatic rings. The average molecular weight is 502 g/mol. The van der Waals surface area contributed by atoms with Crippen LogP contribution in [0.2, 0.25) is 0 Å². The summed E-state index contributed by atoms with van der Waals surface area (Å²) >= 11 is 0.708. The first-order valence-electron chi connectivity index (χ1n) is 10.6. The minimum Gasteiger partial charge on any atom is -0.376 e. The predicted molar refractivity (Wildman–Crippen MR) is 128 cm³/mol. The third kappa shape index (κ3) is 5.58. The van der Waals surface area contributed by atoms with Gasteiger partial charge in [0.2, 0.25) is 5.13 Å². The minimum atomic E-state index is -4.15. The lowest BCUT2D eigenvalue weighted by molar-refractivity contribution is 0.0858. The Bertz CT molecular complexity index is 1300. The molecular formula is C22H23N5O5S2. The number of benzene rings is 2. The van der Waals surface area contributed by atoms with Crippen LogP contribution in [0.5, 0.6) is 0 Å². The van der Waals surface area contributed by atoms with Crippen molar-refractivity contribution in [2.75, 3.05) is 23.2 Å². The molecule has 1 aliphatic heterocycles. The van der Waals surface area contributed by atoms with Crippen LogP contribution in [0.25, 0.3) is 0 Å². The van der Waals surface area contributed by atoms with E-state index in [-0.39, 0.29) is 26.8 Å². The second-order valence-corrected chi connectivity index (χ2v) is 10.5.